The lowest BCUT2D eigenvalue weighted by atomic mass is 9.70. The van der Waals surface area contributed by atoms with E-state index in [1.807, 2.05) is 22.7 Å². The molecule has 2 aliphatic carbocycles. The topological polar surface area (TPSA) is 25.8 Å². The van der Waals surface area contributed by atoms with E-state index >= 15 is 0 Å². The van der Waals surface area contributed by atoms with Crippen molar-refractivity contribution in [3.05, 3.63) is 131 Å². The highest BCUT2D eigenvalue weighted by molar-refractivity contribution is 7.29. The molecule has 5 aromatic carbocycles. The summed E-state index contributed by atoms with van der Waals surface area (Å²) in [4.78, 5) is 13.5. The van der Waals surface area contributed by atoms with Crippen LogP contribution in [0.2, 0.25) is 0 Å². The molecule has 4 heteroatoms. The Bertz CT molecular complexity index is 2840. The van der Waals surface area contributed by atoms with Crippen LogP contribution in [0.4, 0.5) is 0 Å². The summed E-state index contributed by atoms with van der Waals surface area (Å²) in [6.45, 7) is 9.13. The molecule has 0 amide bonds. The predicted molar refractivity (Wildman–Crippen MR) is 265 cm³/mol. The molecule has 10 rings (SSSR count). The predicted octanol–water partition coefficient (Wildman–Crippen LogP) is 17.9. The van der Waals surface area contributed by atoms with E-state index < -0.39 is 0 Å². The standard InChI is InChI=1S/C57H58N2S2/c1-5-7-9-11-13-17-28-57(29-18-14-12-10-8-6-2)48-30-37(3)24-26-44(48)45-27-25-39(34-49(45)57)50-35-51(52-36-54-53(61-52)31-38(4)60-54)59-56(58-50)41-32-40-20-19-23-46-42-21-15-16-22-43(42)47(33-41)55(40)46/h15-16,19-27,30-36H,5-14,17-18,28-29H2,1-4H3. The number of fused-ring (bicyclic) bond motifs is 7. The third-order valence-electron chi connectivity index (χ3n) is 13.8. The van der Waals surface area contributed by atoms with Gasteiger partial charge in [-0.05, 0) is 118 Å². The third-order valence-corrected chi connectivity index (χ3v) is 16.0. The lowest BCUT2D eigenvalue weighted by Gasteiger charge is -2.33. The van der Waals surface area contributed by atoms with E-state index in [4.69, 9.17) is 9.97 Å². The maximum absolute atomic E-state index is 5.55. The van der Waals surface area contributed by atoms with Gasteiger partial charge >= 0.3 is 0 Å². The molecule has 0 spiro atoms. The van der Waals surface area contributed by atoms with Gasteiger partial charge in [-0.15, -0.1) is 22.7 Å². The Hall–Kier alpha value is -4.90. The third kappa shape index (κ3) is 7.48. The average molecular weight is 835 g/mol. The molecule has 0 atom stereocenters. The number of aromatic nitrogens is 2. The van der Waals surface area contributed by atoms with Crippen LogP contribution in [0.15, 0.2) is 109 Å². The molecule has 0 aliphatic heterocycles. The van der Waals surface area contributed by atoms with Crippen molar-refractivity contribution in [3.63, 3.8) is 0 Å². The van der Waals surface area contributed by atoms with Gasteiger partial charge in [0, 0.05) is 30.8 Å². The van der Waals surface area contributed by atoms with Crippen LogP contribution in [-0.2, 0) is 5.41 Å². The summed E-state index contributed by atoms with van der Waals surface area (Å²) in [5, 5.41) is 2.57. The maximum atomic E-state index is 5.55. The molecule has 2 aliphatic rings. The van der Waals surface area contributed by atoms with Crippen molar-refractivity contribution in [2.24, 2.45) is 0 Å². The zero-order chi connectivity index (χ0) is 41.5. The smallest absolute Gasteiger partial charge is 0.160 e. The molecule has 0 fully saturated rings. The van der Waals surface area contributed by atoms with E-state index in [1.54, 1.807) is 5.56 Å². The number of aryl methyl sites for hydroxylation is 2. The lowest BCUT2D eigenvalue weighted by Crippen LogP contribution is -2.25. The first kappa shape index (κ1) is 40.2. The van der Waals surface area contributed by atoms with Gasteiger partial charge in [0.25, 0.3) is 0 Å². The second-order valence-electron chi connectivity index (χ2n) is 18.1. The molecule has 0 N–H and O–H groups in total. The van der Waals surface area contributed by atoms with Gasteiger partial charge in [-0.25, -0.2) is 9.97 Å². The van der Waals surface area contributed by atoms with Crippen molar-refractivity contribution in [3.8, 4) is 66.6 Å². The molecule has 0 saturated heterocycles. The van der Waals surface area contributed by atoms with Crippen LogP contribution in [0, 0.1) is 13.8 Å². The Morgan fingerprint density at radius 2 is 1.11 bits per heavy atom. The monoisotopic (exact) mass is 834 g/mol. The summed E-state index contributed by atoms with van der Waals surface area (Å²) in [6, 6.07) is 41.8. The van der Waals surface area contributed by atoms with Gasteiger partial charge in [-0.1, -0.05) is 169 Å². The highest BCUT2D eigenvalue weighted by Crippen LogP contribution is 2.56. The molecule has 0 unspecified atom stereocenters. The molecular weight excluding hydrogens is 777 g/mol. The van der Waals surface area contributed by atoms with Crippen LogP contribution in [0.25, 0.3) is 86.8 Å². The van der Waals surface area contributed by atoms with Crippen molar-refractivity contribution in [2.45, 2.75) is 123 Å². The number of unbranched alkanes of at least 4 members (excludes halogenated alkanes) is 10. The molecule has 2 nitrogen and oxygen atoms in total. The van der Waals surface area contributed by atoms with Crippen molar-refractivity contribution >= 4 is 42.8 Å². The van der Waals surface area contributed by atoms with E-state index in [-0.39, 0.29) is 5.41 Å². The van der Waals surface area contributed by atoms with Crippen LogP contribution in [0.5, 0.6) is 0 Å². The number of hydrogen-bond donors (Lipinski definition) is 0. The van der Waals surface area contributed by atoms with Gasteiger partial charge in [0.15, 0.2) is 5.82 Å². The summed E-state index contributed by atoms with van der Waals surface area (Å²) >= 11 is 3.73. The van der Waals surface area contributed by atoms with Crippen LogP contribution >= 0.6 is 22.7 Å². The van der Waals surface area contributed by atoms with Gasteiger partial charge in [0.1, 0.15) is 0 Å². The Kier molecular flexibility index (Phi) is 11.3. The summed E-state index contributed by atoms with van der Waals surface area (Å²) < 4.78 is 2.67. The second-order valence-corrected chi connectivity index (χ2v) is 20.4. The number of rotatable bonds is 17. The Balaban J connectivity index is 1.11. The first-order valence-electron chi connectivity index (χ1n) is 23.3. The molecule has 3 aromatic heterocycles. The highest BCUT2D eigenvalue weighted by Gasteiger charge is 2.42. The van der Waals surface area contributed by atoms with Crippen LogP contribution in [0.3, 0.4) is 0 Å². The van der Waals surface area contributed by atoms with Gasteiger partial charge in [-0.2, -0.15) is 0 Å². The van der Waals surface area contributed by atoms with Gasteiger partial charge in [0.2, 0.25) is 0 Å². The molecule has 0 bridgehead atoms. The zero-order valence-corrected chi connectivity index (χ0v) is 38.1. The van der Waals surface area contributed by atoms with Crippen molar-refractivity contribution in [1.82, 2.24) is 9.97 Å². The molecule has 308 valence electrons. The van der Waals surface area contributed by atoms with E-state index in [9.17, 15) is 0 Å². The van der Waals surface area contributed by atoms with E-state index in [2.05, 4.69) is 137 Å². The van der Waals surface area contributed by atoms with Crippen LogP contribution in [0.1, 0.15) is 125 Å². The minimum absolute atomic E-state index is 0.00444. The molecular formula is C57H58N2S2. The van der Waals surface area contributed by atoms with E-state index in [0.717, 1.165) is 22.8 Å². The number of nitrogens with zero attached hydrogens (tertiary/aromatic N) is 2. The Morgan fingerprint density at radius 1 is 0.475 bits per heavy atom. The minimum atomic E-state index is 0.00444. The van der Waals surface area contributed by atoms with Gasteiger partial charge in [0.05, 0.1) is 16.3 Å². The lowest BCUT2D eigenvalue weighted by molar-refractivity contribution is 0.398. The average Bonchev–Trinajstić information content (AvgIpc) is 4.01. The maximum Gasteiger partial charge on any atom is 0.160 e. The normalized spacial score (nSPS) is 13.3. The Labute approximate surface area is 371 Å². The second kappa shape index (κ2) is 17.1. The van der Waals surface area contributed by atoms with Crippen molar-refractivity contribution in [2.75, 3.05) is 0 Å². The SMILES string of the molecule is CCCCCCCCC1(CCCCCCCC)c2cc(C)ccc2-c2ccc(-c3cc(-c4cc5sc(C)cc5s4)nc(-c4cc5c6c(cccc6c4)-c4ccccc4-5)n3)cc21. The van der Waals surface area contributed by atoms with E-state index in [1.165, 1.54) is 170 Å². The molecule has 8 aromatic rings. The summed E-state index contributed by atoms with van der Waals surface area (Å²) in [5.41, 5.74) is 16.8. The zero-order valence-electron chi connectivity index (χ0n) is 36.5. The number of hydrogen-bond acceptors (Lipinski definition) is 4. The number of benzene rings is 5. The van der Waals surface area contributed by atoms with Crippen molar-refractivity contribution in [1.29, 1.82) is 0 Å². The van der Waals surface area contributed by atoms with Crippen molar-refractivity contribution < 1.29 is 0 Å². The number of thiophene rings is 2. The van der Waals surface area contributed by atoms with Gasteiger partial charge in [-0.3, -0.25) is 0 Å². The quantitative estimate of drug-likeness (QED) is 0.0854. The fourth-order valence-electron chi connectivity index (χ4n) is 10.7. The van der Waals surface area contributed by atoms with E-state index in [0.29, 0.717) is 0 Å². The molecule has 3 heterocycles. The van der Waals surface area contributed by atoms with Crippen LogP contribution < -0.4 is 0 Å². The summed E-state index contributed by atoms with van der Waals surface area (Å²) in [6.07, 6.45) is 18.2. The molecule has 0 radical (unpaired) electrons. The summed E-state index contributed by atoms with van der Waals surface area (Å²) in [7, 11) is 0. The molecule has 0 saturated carbocycles. The first-order valence-corrected chi connectivity index (χ1v) is 24.9. The fourth-order valence-corrected chi connectivity index (χ4v) is 13.0. The molecule has 61 heavy (non-hydrogen) atoms. The minimum Gasteiger partial charge on any atom is -0.228 e. The highest BCUT2D eigenvalue weighted by atomic mass is 32.1. The first-order chi connectivity index (χ1) is 29.9. The van der Waals surface area contributed by atoms with Crippen LogP contribution in [-0.4, -0.2) is 9.97 Å². The van der Waals surface area contributed by atoms with Gasteiger partial charge < -0.3 is 0 Å². The Morgan fingerprint density at radius 3 is 1.85 bits per heavy atom. The fraction of sp³-hybridized carbons (Fsp3) is 0.333. The summed E-state index contributed by atoms with van der Waals surface area (Å²) in [5.74, 6) is 0.790. The largest absolute Gasteiger partial charge is 0.228 e.